The van der Waals surface area contributed by atoms with Crippen LogP contribution in [0.15, 0.2) is 54.6 Å². The summed E-state index contributed by atoms with van der Waals surface area (Å²) in [6.45, 7) is 4.33. The van der Waals surface area contributed by atoms with Crippen molar-refractivity contribution in [2.75, 3.05) is 13.1 Å². The molecule has 0 saturated carbocycles. The monoisotopic (exact) mass is 342 g/mol. The van der Waals surface area contributed by atoms with Crippen LogP contribution in [0.2, 0.25) is 0 Å². The van der Waals surface area contributed by atoms with E-state index in [4.69, 9.17) is 0 Å². The number of carbonyl (C=O) groups excluding carboxylic acids is 2. The first-order valence-electron chi connectivity index (χ1n) is 8.32. The first-order valence-corrected chi connectivity index (χ1v) is 8.32. The van der Waals surface area contributed by atoms with Crippen molar-refractivity contribution in [3.8, 4) is 0 Å². The van der Waals surface area contributed by atoms with Gasteiger partial charge in [-0.25, -0.2) is 4.39 Å². The molecule has 0 radical (unpaired) electrons. The van der Waals surface area contributed by atoms with Gasteiger partial charge in [-0.15, -0.1) is 0 Å². The average molecular weight is 342 g/mol. The van der Waals surface area contributed by atoms with Crippen LogP contribution in [0.1, 0.15) is 25.0 Å². The molecule has 0 N–H and O–H groups in total. The van der Waals surface area contributed by atoms with Gasteiger partial charge in [0.05, 0.1) is 0 Å². The van der Waals surface area contributed by atoms with Gasteiger partial charge < -0.3 is 9.80 Å². The lowest BCUT2D eigenvalue weighted by molar-refractivity contribution is -0.140. The highest BCUT2D eigenvalue weighted by Gasteiger charge is 2.19. The first-order chi connectivity index (χ1) is 12.0. The van der Waals surface area contributed by atoms with E-state index in [1.54, 1.807) is 23.1 Å². The Kier molecular flexibility index (Phi) is 6.69. The van der Waals surface area contributed by atoms with Crippen molar-refractivity contribution in [1.29, 1.82) is 0 Å². The van der Waals surface area contributed by atoms with Crippen molar-refractivity contribution < 1.29 is 14.0 Å². The molecule has 0 aliphatic carbocycles. The average Bonchev–Trinajstić information content (AvgIpc) is 2.61. The molecule has 2 aromatic carbocycles. The van der Waals surface area contributed by atoms with E-state index < -0.39 is 0 Å². The van der Waals surface area contributed by atoms with Crippen LogP contribution in [0.4, 0.5) is 4.39 Å². The number of likely N-dealkylation sites (N-methyl/N-ethyl adjacent to an activating group) is 1. The number of halogens is 1. The predicted octanol–water partition coefficient (Wildman–Crippen LogP) is 3.22. The van der Waals surface area contributed by atoms with E-state index in [-0.39, 0.29) is 30.7 Å². The fourth-order valence-electron chi connectivity index (χ4n) is 2.55. The third kappa shape index (κ3) is 5.41. The minimum absolute atomic E-state index is 0.0651. The lowest BCUT2D eigenvalue weighted by Crippen LogP contribution is -2.41. The molecule has 0 fully saturated rings. The number of amides is 2. The number of benzene rings is 2. The van der Waals surface area contributed by atoms with Crippen molar-refractivity contribution in [2.24, 2.45) is 0 Å². The molecule has 0 aromatic heterocycles. The predicted molar refractivity (Wildman–Crippen MR) is 95.0 cm³/mol. The van der Waals surface area contributed by atoms with Crippen LogP contribution in [0.3, 0.4) is 0 Å². The van der Waals surface area contributed by atoms with Gasteiger partial charge in [-0.1, -0.05) is 48.5 Å². The van der Waals surface area contributed by atoms with Crippen LogP contribution in [-0.4, -0.2) is 34.7 Å². The molecule has 0 atom stereocenters. The fourth-order valence-corrected chi connectivity index (χ4v) is 2.55. The van der Waals surface area contributed by atoms with Gasteiger partial charge in [-0.2, -0.15) is 0 Å². The van der Waals surface area contributed by atoms with Crippen molar-refractivity contribution in [3.63, 3.8) is 0 Å². The number of nitrogens with zero attached hydrogens (tertiary/aromatic N) is 2. The zero-order valence-electron chi connectivity index (χ0n) is 14.6. The SMILES string of the molecule is CCN(Cc1ccccc1)C(=O)CN(Cc1ccccc1F)C(C)=O. The summed E-state index contributed by atoms with van der Waals surface area (Å²) in [6.07, 6.45) is 0. The summed E-state index contributed by atoms with van der Waals surface area (Å²) < 4.78 is 13.8. The summed E-state index contributed by atoms with van der Waals surface area (Å²) in [7, 11) is 0. The van der Waals surface area contributed by atoms with Crippen LogP contribution in [-0.2, 0) is 22.7 Å². The fraction of sp³-hybridized carbons (Fsp3) is 0.300. The van der Waals surface area contributed by atoms with Crippen LogP contribution in [0, 0.1) is 5.82 Å². The topological polar surface area (TPSA) is 40.6 Å². The van der Waals surface area contributed by atoms with E-state index in [9.17, 15) is 14.0 Å². The Balaban J connectivity index is 2.05. The smallest absolute Gasteiger partial charge is 0.242 e. The van der Waals surface area contributed by atoms with Gasteiger partial charge in [0.1, 0.15) is 12.4 Å². The standard InChI is InChI=1S/C20H23FN2O2/c1-3-22(13-17-9-5-4-6-10-17)20(25)15-23(16(2)24)14-18-11-7-8-12-19(18)21/h4-12H,3,13-15H2,1-2H3. The van der Waals surface area contributed by atoms with Crippen molar-refractivity contribution in [1.82, 2.24) is 9.80 Å². The largest absolute Gasteiger partial charge is 0.337 e. The molecule has 2 aromatic rings. The molecule has 0 aliphatic rings. The highest BCUT2D eigenvalue weighted by Crippen LogP contribution is 2.11. The Morgan fingerprint density at radius 3 is 2.16 bits per heavy atom. The van der Waals surface area contributed by atoms with Gasteiger partial charge in [0.2, 0.25) is 11.8 Å². The zero-order valence-corrected chi connectivity index (χ0v) is 14.6. The molecule has 0 bridgehead atoms. The maximum Gasteiger partial charge on any atom is 0.242 e. The zero-order chi connectivity index (χ0) is 18.2. The number of rotatable bonds is 7. The van der Waals surface area contributed by atoms with Gasteiger partial charge in [-0.05, 0) is 18.6 Å². The lowest BCUT2D eigenvalue weighted by Gasteiger charge is -2.26. The van der Waals surface area contributed by atoms with Gasteiger partial charge in [-0.3, -0.25) is 9.59 Å². The molecule has 0 aliphatic heterocycles. The highest BCUT2D eigenvalue weighted by molar-refractivity contribution is 5.83. The highest BCUT2D eigenvalue weighted by atomic mass is 19.1. The van der Waals surface area contributed by atoms with E-state index in [2.05, 4.69) is 0 Å². The summed E-state index contributed by atoms with van der Waals surface area (Å²) in [4.78, 5) is 27.6. The second kappa shape index (κ2) is 8.97. The second-order valence-corrected chi connectivity index (χ2v) is 5.86. The Labute approximate surface area is 147 Å². The van der Waals surface area contributed by atoms with Crippen molar-refractivity contribution >= 4 is 11.8 Å². The molecule has 0 heterocycles. The van der Waals surface area contributed by atoms with E-state index in [0.29, 0.717) is 18.7 Å². The van der Waals surface area contributed by atoms with E-state index in [1.165, 1.54) is 17.9 Å². The molecule has 0 saturated heterocycles. The molecule has 2 amide bonds. The van der Waals surface area contributed by atoms with Gasteiger partial charge >= 0.3 is 0 Å². The minimum atomic E-state index is -0.377. The lowest BCUT2D eigenvalue weighted by atomic mass is 10.2. The van der Waals surface area contributed by atoms with E-state index in [1.807, 2.05) is 37.3 Å². The van der Waals surface area contributed by atoms with Crippen LogP contribution in [0.5, 0.6) is 0 Å². The van der Waals surface area contributed by atoms with Gasteiger partial charge in [0, 0.05) is 32.1 Å². The second-order valence-electron chi connectivity index (χ2n) is 5.86. The molecule has 5 heteroatoms. The Bertz CT molecular complexity index is 719. The van der Waals surface area contributed by atoms with Crippen molar-refractivity contribution in [3.05, 3.63) is 71.5 Å². The Hall–Kier alpha value is -2.69. The van der Waals surface area contributed by atoms with Gasteiger partial charge in [0.25, 0.3) is 0 Å². The van der Waals surface area contributed by atoms with Crippen LogP contribution in [0.25, 0.3) is 0 Å². The van der Waals surface area contributed by atoms with Gasteiger partial charge in [0.15, 0.2) is 0 Å². The first kappa shape index (κ1) is 18.6. The normalized spacial score (nSPS) is 10.4. The Morgan fingerprint density at radius 1 is 0.920 bits per heavy atom. The van der Waals surface area contributed by atoms with Crippen LogP contribution >= 0.6 is 0 Å². The van der Waals surface area contributed by atoms with E-state index in [0.717, 1.165) is 5.56 Å². The molecule has 0 unspecified atom stereocenters. The third-order valence-electron chi connectivity index (χ3n) is 4.04. The molecular weight excluding hydrogens is 319 g/mol. The molecule has 0 spiro atoms. The maximum atomic E-state index is 13.8. The summed E-state index contributed by atoms with van der Waals surface area (Å²) in [5.41, 5.74) is 1.43. The van der Waals surface area contributed by atoms with Crippen LogP contribution < -0.4 is 0 Å². The quantitative estimate of drug-likeness (QED) is 0.775. The molecule has 2 rings (SSSR count). The Morgan fingerprint density at radius 2 is 1.56 bits per heavy atom. The molecule has 25 heavy (non-hydrogen) atoms. The number of hydrogen-bond acceptors (Lipinski definition) is 2. The molecule has 4 nitrogen and oxygen atoms in total. The summed E-state index contributed by atoms with van der Waals surface area (Å²) in [5.74, 6) is -0.789. The molecule has 132 valence electrons. The maximum absolute atomic E-state index is 13.8. The summed E-state index contributed by atoms with van der Waals surface area (Å²) in [5, 5.41) is 0. The van der Waals surface area contributed by atoms with E-state index >= 15 is 0 Å². The third-order valence-corrected chi connectivity index (χ3v) is 4.04. The number of hydrogen-bond donors (Lipinski definition) is 0. The summed E-state index contributed by atoms with van der Waals surface area (Å²) in [6, 6.07) is 16.0. The minimum Gasteiger partial charge on any atom is -0.337 e. The van der Waals surface area contributed by atoms with Crippen molar-refractivity contribution in [2.45, 2.75) is 26.9 Å². The number of carbonyl (C=O) groups is 2. The molecular formula is C20H23FN2O2. The summed E-state index contributed by atoms with van der Waals surface area (Å²) >= 11 is 0.